The van der Waals surface area contributed by atoms with Gasteiger partial charge in [0.25, 0.3) is 5.91 Å². The van der Waals surface area contributed by atoms with Crippen molar-refractivity contribution in [2.75, 3.05) is 39.8 Å². The molecule has 1 N–H and O–H groups in total. The minimum Gasteiger partial charge on any atom is -0.463 e. The SMILES string of the molecule is CCOC(=O)C1=C(CN2CCN(C(=O)c3ccc(F)cc3)[C@@H](C)C2)N(C)C(=O)N[C@H]1c1cccc(Cl)c1Cl. The summed E-state index contributed by atoms with van der Waals surface area (Å²) < 4.78 is 18.7. The van der Waals surface area contributed by atoms with Crippen LogP contribution >= 0.6 is 23.2 Å². The second-order valence-electron chi connectivity index (χ2n) is 9.25. The van der Waals surface area contributed by atoms with E-state index in [4.69, 9.17) is 27.9 Å². The van der Waals surface area contributed by atoms with Crippen molar-refractivity contribution in [2.24, 2.45) is 0 Å². The molecule has 38 heavy (non-hydrogen) atoms. The van der Waals surface area contributed by atoms with Crippen molar-refractivity contribution in [3.63, 3.8) is 0 Å². The molecule has 202 valence electrons. The lowest BCUT2D eigenvalue weighted by Crippen LogP contribution is -2.56. The molecule has 2 aromatic rings. The smallest absolute Gasteiger partial charge is 0.338 e. The van der Waals surface area contributed by atoms with Crippen LogP contribution in [0.3, 0.4) is 0 Å². The molecule has 1 fully saturated rings. The lowest BCUT2D eigenvalue weighted by Gasteiger charge is -2.42. The number of carbonyl (C=O) groups is 3. The van der Waals surface area contributed by atoms with Gasteiger partial charge in [0.1, 0.15) is 5.82 Å². The van der Waals surface area contributed by atoms with Crippen molar-refractivity contribution in [3.8, 4) is 0 Å². The number of halogens is 3. The third-order valence-electron chi connectivity index (χ3n) is 6.80. The molecular formula is C27H29Cl2FN4O4. The number of likely N-dealkylation sites (N-methyl/N-ethyl adjacent to an activating group) is 1. The average molecular weight is 563 g/mol. The van der Waals surface area contributed by atoms with Crippen molar-refractivity contribution in [3.05, 3.63) is 80.7 Å². The highest BCUT2D eigenvalue weighted by Crippen LogP contribution is 2.37. The predicted octanol–water partition coefficient (Wildman–Crippen LogP) is 4.49. The standard InChI is InChI=1S/C27H29Cl2FN4O4/c1-4-38-26(36)22-21(32(3)27(37)31-24(22)19-6-5-7-20(28)23(19)29)15-33-12-13-34(16(2)14-33)25(35)17-8-10-18(30)11-9-17/h5-11,16,24H,4,12-15H2,1-3H3,(H,31,37)/t16-,24-/m0/s1. The van der Waals surface area contributed by atoms with E-state index < -0.39 is 23.9 Å². The van der Waals surface area contributed by atoms with Crippen molar-refractivity contribution in [1.29, 1.82) is 0 Å². The third-order valence-corrected chi connectivity index (χ3v) is 7.64. The zero-order chi connectivity index (χ0) is 27.6. The molecular weight excluding hydrogens is 534 g/mol. The quantitative estimate of drug-likeness (QED) is 0.524. The van der Waals surface area contributed by atoms with Crippen LogP contribution in [0.1, 0.15) is 35.8 Å². The Balaban J connectivity index is 1.62. The van der Waals surface area contributed by atoms with Gasteiger partial charge in [-0.1, -0.05) is 35.3 Å². The third kappa shape index (κ3) is 5.65. The van der Waals surface area contributed by atoms with Crippen LogP contribution in [0.25, 0.3) is 0 Å². The minimum absolute atomic E-state index is 0.157. The molecule has 0 radical (unpaired) electrons. The number of nitrogens with one attached hydrogen (secondary N) is 1. The highest BCUT2D eigenvalue weighted by atomic mass is 35.5. The first-order valence-electron chi connectivity index (χ1n) is 12.3. The number of esters is 1. The monoisotopic (exact) mass is 562 g/mol. The molecule has 2 aliphatic heterocycles. The minimum atomic E-state index is -0.849. The Bertz CT molecular complexity index is 1270. The Hall–Kier alpha value is -3.14. The normalized spacial score (nSPS) is 20.4. The van der Waals surface area contributed by atoms with Crippen LogP contribution in [0.5, 0.6) is 0 Å². The Kier molecular flexibility index (Phi) is 8.60. The van der Waals surface area contributed by atoms with Crippen LogP contribution < -0.4 is 5.32 Å². The van der Waals surface area contributed by atoms with E-state index >= 15 is 0 Å². The molecule has 2 aliphatic rings. The van der Waals surface area contributed by atoms with Crippen molar-refractivity contribution in [2.45, 2.75) is 25.9 Å². The molecule has 4 rings (SSSR count). The summed E-state index contributed by atoms with van der Waals surface area (Å²) in [5, 5.41) is 3.39. The fourth-order valence-corrected chi connectivity index (χ4v) is 5.24. The molecule has 1 saturated heterocycles. The lowest BCUT2D eigenvalue weighted by atomic mass is 9.94. The first-order chi connectivity index (χ1) is 18.1. The Labute approximate surface area is 230 Å². The van der Waals surface area contributed by atoms with E-state index in [1.807, 2.05) is 6.92 Å². The summed E-state index contributed by atoms with van der Waals surface area (Å²) >= 11 is 12.7. The molecule has 2 aromatic carbocycles. The molecule has 11 heteroatoms. The zero-order valence-electron chi connectivity index (χ0n) is 21.3. The summed E-state index contributed by atoms with van der Waals surface area (Å²) in [5.74, 6) is -1.13. The molecule has 2 atom stereocenters. The maximum Gasteiger partial charge on any atom is 0.338 e. The summed E-state index contributed by atoms with van der Waals surface area (Å²) in [5.41, 5.74) is 1.67. The van der Waals surface area contributed by atoms with E-state index in [0.29, 0.717) is 41.5 Å². The lowest BCUT2D eigenvalue weighted by molar-refractivity contribution is -0.139. The molecule has 2 heterocycles. The molecule has 0 spiro atoms. The molecule has 3 amide bonds. The van der Waals surface area contributed by atoms with Gasteiger partial charge < -0.3 is 15.0 Å². The van der Waals surface area contributed by atoms with Gasteiger partial charge in [-0.15, -0.1) is 0 Å². The van der Waals surface area contributed by atoms with Gasteiger partial charge in [-0.2, -0.15) is 0 Å². The molecule has 8 nitrogen and oxygen atoms in total. The van der Waals surface area contributed by atoms with Crippen LogP contribution in [0.15, 0.2) is 53.7 Å². The van der Waals surface area contributed by atoms with Gasteiger partial charge >= 0.3 is 12.0 Å². The maximum atomic E-state index is 13.3. The van der Waals surface area contributed by atoms with Crippen LogP contribution in [-0.4, -0.2) is 78.5 Å². The van der Waals surface area contributed by atoms with E-state index in [2.05, 4.69) is 10.2 Å². The van der Waals surface area contributed by atoms with E-state index in [1.165, 1.54) is 29.2 Å². The van der Waals surface area contributed by atoms with Crippen molar-refractivity contribution >= 4 is 41.1 Å². The first-order valence-corrected chi connectivity index (χ1v) is 13.0. The molecule has 0 saturated carbocycles. The van der Waals surface area contributed by atoms with Gasteiger partial charge in [0, 0.05) is 50.5 Å². The summed E-state index contributed by atoms with van der Waals surface area (Å²) in [6.07, 6.45) is 0. The van der Waals surface area contributed by atoms with Gasteiger partial charge in [-0.3, -0.25) is 14.6 Å². The Morgan fingerprint density at radius 2 is 1.84 bits per heavy atom. The number of amides is 3. The summed E-state index contributed by atoms with van der Waals surface area (Å²) in [6, 6.07) is 9.13. The highest BCUT2D eigenvalue weighted by Gasteiger charge is 2.39. The number of hydrogen-bond donors (Lipinski definition) is 1. The number of urea groups is 1. The van der Waals surface area contributed by atoms with Crippen molar-refractivity contribution < 1.29 is 23.5 Å². The van der Waals surface area contributed by atoms with Gasteiger partial charge in [-0.05, 0) is 49.7 Å². The fourth-order valence-electron chi connectivity index (χ4n) is 4.82. The predicted molar refractivity (Wildman–Crippen MR) is 142 cm³/mol. The molecule has 0 aromatic heterocycles. The Morgan fingerprint density at radius 1 is 1.13 bits per heavy atom. The van der Waals surface area contributed by atoms with E-state index in [-0.39, 0.29) is 35.7 Å². The first kappa shape index (κ1) is 27.9. The second-order valence-corrected chi connectivity index (χ2v) is 10.0. The number of carbonyl (C=O) groups excluding carboxylic acids is 3. The number of ether oxygens (including phenoxy) is 1. The average Bonchev–Trinajstić information content (AvgIpc) is 2.88. The number of benzene rings is 2. The Morgan fingerprint density at radius 3 is 2.50 bits per heavy atom. The van der Waals surface area contributed by atoms with Crippen LogP contribution in [0, 0.1) is 5.82 Å². The molecule has 0 unspecified atom stereocenters. The number of nitrogens with zero attached hydrogens (tertiary/aromatic N) is 3. The van der Waals surface area contributed by atoms with Gasteiger partial charge in [0.05, 0.1) is 28.3 Å². The molecule has 0 bridgehead atoms. The molecule has 0 aliphatic carbocycles. The maximum absolute atomic E-state index is 13.3. The van der Waals surface area contributed by atoms with Gasteiger partial charge in [0.15, 0.2) is 0 Å². The van der Waals surface area contributed by atoms with E-state index in [0.717, 1.165) is 0 Å². The van der Waals surface area contributed by atoms with Crippen molar-refractivity contribution in [1.82, 2.24) is 20.0 Å². The summed E-state index contributed by atoms with van der Waals surface area (Å²) in [7, 11) is 1.59. The van der Waals surface area contributed by atoms with E-state index in [1.54, 1.807) is 37.1 Å². The van der Waals surface area contributed by atoms with E-state index in [9.17, 15) is 18.8 Å². The largest absolute Gasteiger partial charge is 0.463 e. The van der Waals surface area contributed by atoms with Gasteiger partial charge in [-0.25, -0.2) is 14.0 Å². The fraction of sp³-hybridized carbons (Fsp3) is 0.370. The highest BCUT2D eigenvalue weighted by molar-refractivity contribution is 6.42. The second kappa shape index (κ2) is 11.7. The van der Waals surface area contributed by atoms with Crippen LogP contribution in [0.2, 0.25) is 10.0 Å². The zero-order valence-corrected chi connectivity index (χ0v) is 22.9. The van der Waals surface area contributed by atoms with Crippen LogP contribution in [0.4, 0.5) is 9.18 Å². The van der Waals surface area contributed by atoms with Gasteiger partial charge in [0.2, 0.25) is 0 Å². The topological polar surface area (TPSA) is 82.2 Å². The van der Waals surface area contributed by atoms with Crippen LogP contribution in [-0.2, 0) is 9.53 Å². The number of hydrogen-bond acceptors (Lipinski definition) is 5. The summed E-state index contributed by atoms with van der Waals surface area (Å²) in [6.45, 7) is 5.52. The summed E-state index contributed by atoms with van der Waals surface area (Å²) in [4.78, 5) is 44.5. The number of piperazine rings is 1. The number of rotatable bonds is 6.